The lowest BCUT2D eigenvalue weighted by molar-refractivity contribution is -0.384. The molecule has 0 saturated heterocycles. The fourth-order valence-corrected chi connectivity index (χ4v) is 2.35. The van der Waals surface area contributed by atoms with Crippen LogP contribution in [0.3, 0.4) is 0 Å². The van der Waals surface area contributed by atoms with E-state index in [0.717, 1.165) is 6.07 Å². The van der Waals surface area contributed by atoms with Crippen LogP contribution in [-0.2, 0) is 10.0 Å². The first kappa shape index (κ1) is 13.7. The van der Waals surface area contributed by atoms with Crippen LogP contribution in [0.4, 0.5) is 11.5 Å². The predicted octanol–water partition coefficient (Wildman–Crippen LogP) is 1.79. The average molecular weight is 280 g/mol. The Kier molecular flexibility index (Phi) is 4.24. The van der Waals surface area contributed by atoms with Gasteiger partial charge in [-0.15, -0.1) is 0 Å². The highest BCUT2D eigenvalue weighted by atomic mass is 35.5. The van der Waals surface area contributed by atoms with Gasteiger partial charge in [0.25, 0.3) is 0 Å². The van der Waals surface area contributed by atoms with Crippen LogP contribution in [0.5, 0.6) is 0 Å². The van der Waals surface area contributed by atoms with E-state index in [1.54, 1.807) is 6.92 Å². The van der Waals surface area contributed by atoms with E-state index in [-0.39, 0.29) is 16.7 Å². The first-order valence-corrected chi connectivity index (χ1v) is 6.70. The van der Waals surface area contributed by atoms with Crippen molar-refractivity contribution < 1.29 is 13.3 Å². The maximum atomic E-state index is 11.5. The number of nitro groups is 1. The molecule has 17 heavy (non-hydrogen) atoms. The SMILES string of the molecule is CCCS(=O)(=O)Nc1nc(Cl)ccc1[N+](=O)[O-]. The summed E-state index contributed by atoms with van der Waals surface area (Å²) in [6.07, 6.45) is 0.393. The third-order valence-electron chi connectivity index (χ3n) is 1.76. The second-order valence-electron chi connectivity index (χ2n) is 3.18. The van der Waals surface area contributed by atoms with Crippen molar-refractivity contribution in [3.05, 3.63) is 27.4 Å². The van der Waals surface area contributed by atoms with E-state index in [2.05, 4.69) is 4.98 Å². The van der Waals surface area contributed by atoms with E-state index in [0.29, 0.717) is 6.42 Å². The van der Waals surface area contributed by atoms with Crippen molar-refractivity contribution in [3.8, 4) is 0 Å². The summed E-state index contributed by atoms with van der Waals surface area (Å²) in [7, 11) is -3.63. The Morgan fingerprint density at radius 2 is 2.18 bits per heavy atom. The highest BCUT2D eigenvalue weighted by molar-refractivity contribution is 7.92. The number of nitrogens with one attached hydrogen (secondary N) is 1. The smallest absolute Gasteiger partial charge is 0.262 e. The number of aromatic nitrogens is 1. The number of rotatable bonds is 5. The highest BCUT2D eigenvalue weighted by Crippen LogP contribution is 2.24. The van der Waals surface area contributed by atoms with Crippen molar-refractivity contribution in [1.82, 2.24) is 4.98 Å². The van der Waals surface area contributed by atoms with E-state index in [4.69, 9.17) is 11.6 Å². The van der Waals surface area contributed by atoms with Crippen LogP contribution in [0, 0.1) is 10.1 Å². The van der Waals surface area contributed by atoms with Crippen molar-refractivity contribution in [3.63, 3.8) is 0 Å². The molecule has 1 rings (SSSR count). The van der Waals surface area contributed by atoms with Crippen LogP contribution in [0.1, 0.15) is 13.3 Å². The molecule has 0 aliphatic heterocycles. The van der Waals surface area contributed by atoms with Gasteiger partial charge in [0.15, 0.2) is 0 Å². The van der Waals surface area contributed by atoms with Crippen molar-refractivity contribution >= 4 is 33.1 Å². The highest BCUT2D eigenvalue weighted by Gasteiger charge is 2.20. The number of halogens is 1. The van der Waals surface area contributed by atoms with Crippen molar-refractivity contribution in [2.75, 3.05) is 10.5 Å². The van der Waals surface area contributed by atoms with E-state index in [1.807, 2.05) is 4.72 Å². The summed E-state index contributed by atoms with van der Waals surface area (Å²) >= 11 is 5.56. The van der Waals surface area contributed by atoms with Gasteiger partial charge < -0.3 is 0 Å². The zero-order valence-corrected chi connectivity index (χ0v) is 10.5. The van der Waals surface area contributed by atoms with E-state index >= 15 is 0 Å². The molecule has 0 aliphatic rings. The minimum Gasteiger partial charge on any atom is -0.262 e. The standard InChI is InChI=1S/C8H10ClN3O4S/c1-2-5-17(15,16)11-8-6(12(13)14)3-4-7(9)10-8/h3-4H,2,5H2,1H3,(H,10,11). The molecule has 94 valence electrons. The van der Waals surface area contributed by atoms with Crippen molar-refractivity contribution in [1.29, 1.82) is 0 Å². The molecule has 0 saturated carbocycles. The number of anilines is 1. The maximum Gasteiger partial charge on any atom is 0.312 e. The first-order valence-electron chi connectivity index (χ1n) is 4.67. The Labute approximate surface area is 103 Å². The molecule has 1 aromatic heterocycles. The van der Waals surface area contributed by atoms with Gasteiger partial charge in [-0.25, -0.2) is 13.4 Å². The number of nitrogens with zero attached hydrogens (tertiary/aromatic N) is 2. The summed E-state index contributed by atoms with van der Waals surface area (Å²) in [5, 5.41) is 10.6. The van der Waals surface area contributed by atoms with Gasteiger partial charge in [-0.3, -0.25) is 14.8 Å². The number of hydrogen-bond donors (Lipinski definition) is 1. The molecule has 0 spiro atoms. The Morgan fingerprint density at radius 1 is 1.53 bits per heavy atom. The topological polar surface area (TPSA) is 102 Å². The van der Waals surface area contributed by atoms with Gasteiger partial charge >= 0.3 is 5.69 Å². The number of sulfonamides is 1. The molecule has 0 bridgehead atoms. The van der Waals surface area contributed by atoms with Crippen LogP contribution in [0.25, 0.3) is 0 Å². The molecule has 0 aliphatic carbocycles. The van der Waals surface area contributed by atoms with Crippen LogP contribution in [0.2, 0.25) is 5.15 Å². The van der Waals surface area contributed by atoms with Crippen LogP contribution < -0.4 is 4.72 Å². The minimum absolute atomic E-state index is 0.0233. The second kappa shape index (κ2) is 5.28. The summed E-state index contributed by atoms with van der Waals surface area (Å²) in [6.45, 7) is 1.68. The molecule has 1 N–H and O–H groups in total. The van der Waals surface area contributed by atoms with Crippen LogP contribution in [0.15, 0.2) is 12.1 Å². The molecule has 0 fully saturated rings. The lowest BCUT2D eigenvalue weighted by atomic mass is 10.4. The number of pyridine rings is 1. The van der Waals surface area contributed by atoms with Gasteiger partial charge in [0.1, 0.15) is 5.15 Å². The van der Waals surface area contributed by atoms with Crippen molar-refractivity contribution in [2.45, 2.75) is 13.3 Å². The van der Waals surface area contributed by atoms with E-state index in [1.165, 1.54) is 6.07 Å². The minimum atomic E-state index is -3.63. The molecule has 0 aromatic carbocycles. The monoisotopic (exact) mass is 279 g/mol. The van der Waals surface area contributed by atoms with Crippen LogP contribution in [-0.4, -0.2) is 24.1 Å². The Morgan fingerprint density at radius 3 is 2.71 bits per heavy atom. The molecule has 1 aromatic rings. The molecule has 9 heteroatoms. The van der Waals surface area contributed by atoms with Crippen molar-refractivity contribution in [2.24, 2.45) is 0 Å². The van der Waals surface area contributed by atoms with Gasteiger partial charge in [-0.05, 0) is 12.5 Å². The summed E-state index contributed by atoms with van der Waals surface area (Å²) in [6, 6.07) is 2.32. The first-order chi connectivity index (χ1) is 7.85. The third kappa shape index (κ3) is 3.82. The maximum absolute atomic E-state index is 11.5. The molecule has 0 amide bonds. The lowest BCUT2D eigenvalue weighted by Crippen LogP contribution is -2.17. The zero-order valence-electron chi connectivity index (χ0n) is 8.88. The average Bonchev–Trinajstić information content (AvgIpc) is 2.15. The van der Waals surface area contributed by atoms with E-state index in [9.17, 15) is 18.5 Å². The predicted molar refractivity (Wildman–Crippen MR) is 63.6 cm³/mol. The lowest BCUT2D eigenvalue weighted by Gasteiger charge is -2.06. The summed E-state index contributed by atoms with van der Waals surface area (Å²) in [5.74, 6) is -0.505. The van der Waals surface area contributed by atoms with Gasteiger partial charge in [0.2, 0.25) is 15.8 Å². The Balaban J connectivity index is 3.13. The number of hydrogen-bond acceptors (Lipinski definition) is 5. The Hall–Kier alpha value is -1.41. The summed E-state index contributed by atoms with van der Waals surface area (Å²) < 4.78 is 25.0. The zero-order chi connectivity index (χ0) is 13.1. The quantitative estimate of drug-likeness (QED) is 0.503. The molecule has 0 radical (unpaired) electrons. The van der Waals surface area contributed by atoms with Crippen LogP contribution >= 0.6 is 11.6 Å². The van der Waals surface area contributed by atoms with E-state index < -0.39 is 20.6 Å². The fraction of sp³-hybridized carbons (Fsp3) is 0.375. The third-order valence-corrected chi connectivity index (χ3v) is 3.42. The molecular formula is C8H10ClN3O4S. The summed E-state index contributed by atoms with van der Waals surface area (Å²) in [5.41, 5.74) is -0.436. The van der Waals surface area contributed by atoms with Gasteiger partial charge in [0, 0.05) is 6.07 Å². The summed E-state index contributed by atoms with van der Waals surface area (Å²) in [4.78, 5) is 13.5. The molecule has 0 unspecified atom stereocenters. The molecule has 0 atom stereocenters. The second-order valence-corrected chi connectivity index (χ2v) is 5.41. The van der Waals surface area contributed by atoms with Gasteiger partial charge in [0.05, 0.1) is 10.7 Å². The van der Waals surface area contributed by atoms with Gasteiger partial charge in [-0.2, -0.15) is 0 Å². The van der Waals surface area contributed by atoms with Gasteiger partial charge in [-0.1, -0.05) is 18.5 Å². The molecule has 1 heterocycles. The largest absolute Gasteiger partial charge is 0.312 e. The molecular weight excluding hydrogens is 270 g/mol. The fourth-order valence-electron chi connectivity index (χ4n) is 1.12. The molecule has 7 nitrogen and oxygen atoms in total. The normalized spacial score (nSPS) is 11.2. The Bertz CT molecular complexity index is 532.